The highest BCUT2D eigenvalue weighted by Crippen LogP contribution is 2.01. The van der Waals surface area contributed by atoms with Gasteiger partial charge in [-0.3, -0.25) is 4.79 Å². The van der Waals surface area contributed by atoms with Gasteiger partial charge in [0.15, 0.2) is 11.6 Å². The van der Waals surface area contributed by atoms with Crippen LogP contribution in [0.3, 0.4) is 0 Å². The number of aromatic hydroxyl groups is 1. The molecule has 0 bridgehead atoms. The molecule has 54 valence electrons. The quantitative estimate of drug-likeness (QED) is 0.556. The predicted octanol–water partition coefficient (Wildman–Crippen LogP) is 0.528. The molecule has 0 aliphatic carbocycles. The summed E-state index contributed by atoms with van der Waals surface area (Å²) in [5.41, 5.74) is -0.834. The van der Waals surface area contributed by atoms with Crippen LogP contribution in [0.4, 0.5) is 4.39 Å². The van der Waals surface area contributed by atoms with Gasteiger partial charge < -0.3 is 10.1 Å². The molecule has 10 heavy (non-hydrogen) atoms. The topological polar surface area (TPSA) is 53.1 Å². The van der Waals surface area contributed by atoms with E-state index in [1.54, 1.807) is 0 Å². The Kier molecular flexibility index (Phi) is 1.45. The second kappa shape index (κ2) is 2.13. The number of hydrogen-bond acceptors (Lipinski definition) is 2. The third kappa shape index (κ3) is 0.877. The lowest BCUT2D eigenvalue weighted by Crippen LogP contribution is -2.08. The molecule has 0 aliphatic rings. The third-order valence-corrected chi connectivity index (χ3v) is 1.19. The predicted molar refractivity (Wildman–Crippen MR) is 33.4 cm³/mol. The highest BCUT2D eigenvalue weighted by atomic mass is 19.1. The van der Waals surface area contributed by atoms with Crippen LogP contribution in [-0.2, 0) is 0 Å². The standard InChI is InChI=1S/C6H6FNO2/c1-3-5(7)6(10)4(9)2-8-3/h2,9H,1H3,(H,8,10). The molecule has 0 aliphatic heterocycles. The number of halogens is 1. The summed E-state index contributed by atoms with van der Waals surface area (Å²) < 4.78 is 12.5. The first-order chi connectivity index (χ1) is 4.63. The molecule has 0 amide bonds. The van der Waals surface area contributed by atoms with Gasteiger partial charge in [-0.25, -0.2) is 4.39 Å². The average molecular weight is 143 g/mol. The van der Waals surface area contributed by atoms with E-state index in [0.29, 0.717) is 0 Å². The number of hydrogen-bond donors (Lipinski definition) is 2. The smallest absolute Gasteiger partial charge is 0.258 e. The van der Waals surface area contributed by atoms with Gasteiger partial charge in [-0.05, 0) is 6.92 Å². The van der Waals surface area contributed by atoms with Crippen molar-refractivity contribution in [2.24, 2.45) is 0 Å². The second-order valence-corrected chi connectivity index (χ2v) is 1.94. The van der Waals surface area contributed by atoms with Crippen LogP contribution in [0.1, 0.15) is 5.69 Å². The van der Waals surface area contributed by atoms with Crippen LogP contribution in [-0.4, -0.2) is 10.1 Å². The van der Waals surface area contributed by atoms with Crippen molar-refractivity contribution in [3.8, 4) is 5.75 Å². The Labute approximate surface area is 56.1 Å². The fraction of sp³-hybridized carbons (Fsp3) is 0.167. The molecule has 3 nitrogen and oxygen atoms in total. The molecular formula is C6H6FNO2. The molecule has 0 saturated carbocycles. The maximum absolute atomic E-state index is 12.5. The Bertz CT molecular complexity index is 305. The molecule has 0 radical (unpaired) electrons. The maximum Gasteiger partial charge on any atom is 0.258 e. The molecule has 0 spiro atoms. The molecule has 1 aromatic heterocycles. The first-order valence-corrected chi connectivity index (χ1v) is 2.69. The van der Waals surface area contributed by atoms with Crippen LogP contribution in [0, 0.1) is 12.7 Å². The van der Waals surface area contributed by atoms with E-state index < -0.39 is 17.0 Å². The zero-order chi connectivity index (χ0) is 7.72. The molecule has 0 atom stereocenters. The van der Waals surface area contributed by atoms with Gasteiger partial charge in [0, 0.05) is 6.20 Å². The van der Waals surface area contributed by atoms with E-state index >= 15 is 0 Å². The van der Waals surface area contributed by atoms with E-state index in [4.69, 9.17) is 5.11 Å². The Morgan fingerprint density at radius 2 is 2.30 bits per heavy atom. The Morgan fingerprint density at radius 1 is 1.70 bits per heavy atom. The van der Waals surface area contributed by atoms with Crippen LogP contribution < -0.4 is 5.43 Å². The summed E-state index contributed by atoms with van der Waals surface area (Å²) in [6.07, 6.45) is 1.06. The lowest BCUT2D eigenvalue weighted by Gasteiger charge is -1.94. The Morgan fingerprint density at radius 3 is 2.80 bits per heavy atom. The highest BCUT2D eigenvalue weighted by molar-refractivity contribution is 5.19. The van der Waals surface area contributed by atoms with Crippen LogP contribution in [0.5, 0.6) is 5.75 Å². The monoisotopic (exact) mass is 143 g/mol. The minimum Gasteiger partial charge on any atom is -0.503 e. The number of H-pyrrole nitrogens is 1. The molecule has 0 unspecified atom stereocenters. The SMILES string of the molecule is Cc1[nH]cc(O)c(=O)c1F. The summed E-state index contributed by atoms with van der Waals surface area (Å²) in [7, 11) is 0. The number of aromatic amines is 1. The van der Waals surface area contributed by atoms with Crippen molar-refractivity contribution in [3.05, 3.63) is 27.9 Å². The number of aromatic nitrogens is 1. The summed E-state index contributed by atoms with van der Waals surface area (Å²) in [5.74, 6) is -1.52. The van der Waals surface area contributed by atoms with Crippen LogP contribution in [0.2, 0.25) is 0 Å². The van der Waals surface area contributed by atoms with Crippen molar-refractivity contribution >= 4 is 0 Å². The summed E-state index contributed by atoms with van der Waals surface area (Å²) in [6.45, 7) is 1.41. The van der Waals surface area contributed by atoms with Gasteiger partial charge in [0.05, 0.1) is 5.69 Å². The van der Waals surface area contributed by atoms with Gasteiger partial charge >= 0.3 is 0 Å². The van der Waals surface area contributed by atoms with Gasteiger partial charge in [-0.1, -0.05) is 0 Å². The van der Waals surface area contributed by atoms with Crippen molar-refractivity contribution in [3.63, 3.8) is 0 Å². The molecular weight excluding hydrogens is 137 g/mol. The van der Waals surface area contributed by atoms with Crippen LogP contribution >= 0.6 is 0 Å². The van der Waals surface area contributed by atoms with E-state index in [2.05, 4.69) is 4.98 Å². The van der Waals surface area contributed by atoms with E-state index in [1.165, 1.54) is 6.92 Å². The van der Waals surface area contributed by atoms with E-state index in [-0.39, 0.29) is 5.69 Å². The van der Waals surface area contributed by atoms with Crippen molar-refractivity contribution < 1.29 is 9.50 Å². The minimum absolute atomic E-state index is 0.128. The van der Waals surface area contributed by atoms with Gasteiger partial charge in [0.25, 0.3) is 5.43 Å². The molecule has 0 fully saturated rings. The molecule has 1 aromatic rings. The second-order valence-electron chi connectivity index (χ2n) is 1.94. The van der Waals surface area contributed by atoms with Gasteiger partial charge in [0.1, 0.15) is 0 Å². The minimum atomic E-state index is -0.962. The van der Waals surface area contributed by atoms with Crippen LogP contribution in [0.15, 0.2) is 11.0 Å². The Balaban J connectivity index is 3.50. The number of nitrogens with one attached hydrogen (secondary N) is 1. The average Bonchev–Trinajstić information content (AvgIpc) is 1.93. The lowest BCUT2D eigenvalue weighted by atomic mass is 10.3. The van der Waals surface area contributed by atoms with Gasteiger partial charge in [-0.15, -0.1) is 0 Å². The zero-order valence-electron chi connectivity index (χ0n) is 5.31. The summed E-state index contributed by atoms with van der Waals surface area (Å²) in [6, 6.07) is 0. The molecule has 1 rings (SSSR count). The number of rotatable bonds is 0. The fourth-order valence-electron chi connectivity index (χ4n) is 0.588. The summed E-state index contributed by atoms with van der Waals surface area (Å²) in [4.78, 5) is 12.9. The first kappa shape index (κ1) is 6.80. The maximum atomic E-state index is 12.5. The largest absolute Gasteiger partial charge is 0.503 e. The summed E-state index contributed by atoms with van der Waals surface area (Å²) >= 11 is 0. The molecule has 4 heteroatoms. The molecule has 1 heterocycles. The first-order valence-electron chi connectivity index (χ1n) is 2.69. The van der Waals surface area contributed by atoms with E-state index in [0.717, 1.165) is 6.20 Å². The molecule has 2 N–H and O–H groups in total. The summed E-state index contributed by atoms with van der Waals surface area (Å²) in [5, 5.41) is 8.64. The number of aryl methyl sites for hydroxylation is 1. The Hall–Kier alpha value is -1.32. The molecule has 0 saturated heterocycles. The van der Waals surface area contributed by atoms with Crippen molar-refractivity contribution in [1.29, 1.82) is 0 Å². The van der Waals surface area contributed by atoms with E-state index in [9.17, 15) is 9.18 Å². The third-order valence-electron chi connectivity index (χ3n) is 1.19. The normalized spacial score (nSPS) is 9.80. The van der Waals surface area contributed by atoms with Gasteiger partial charge in [0.2, 0.25) is 0 Å². The molecule has 0 aromatic carbocycles. The van der Waals surface area contributed by atoms with Crippen LogP contribution in [0.25, 0.3) is 0 Å². The van der Waals surface area contributed by atoms with Crippen molar-refractivity contribution in [2.45, 2.75) is 6.92 Å². The van der Waals surface area contributed by atoms with Gasteiger partial charge in [-0.2, -0.15) is 0 Å². The highest BCUT2D eigenvalue weighted by Gasteiger charge is 2.05. The fourth-order valence-corrected chi connectivity index (χ4v) is 0.588. The zero-order valence-corrected chi connectivity index (χ0v) is 5.31. The van der Waals surface area contributed by atoms with E-state index in [1.807, 2.05) is 0 Å². The number of pyridine rings is 1. The van der Waals surface area contributed by atoms with Crippen molar-refractivity contribution in [1.82, 2.24) is 4.98 Å². The van der Waals surface area contributed by atoms with Crippen molar-refractivity contribution in [2.75, 3.05) is 0 Å². The lowest BCUT2D eigenvalue weighted by molar-refractivity contribution is 0.456.